The number of pyridine rings is 1. The van der Waals surface area contributed by atoms with Crippen LogP contribution >= 0.6 is 0 Å². The van der Waals surface area contributed by atoms with E-state index in [1.54, 1.807) is 36.1 Å². The largest absolute Gasteiger partial charge is 0.338 e. The molecule has 0 saturated carbocycles. The van der Waals surface area contributed by atoms with E-state index in [0.717, 1.165) is 17.8 Å². The highest BCUT2D eigenvalue weighted by Crippen LogP contribution is 2.44. The van der Waals surface area contributed by atoms with E-state index in [2.05, 4.69) is 9.88 Å². The van der Waals surface area contributed by atoms with E-state index in [1.165, 1.54) is 6.07 Å². The Morgan fingerprint density at radius 2 is 2.00 bits per heavy atom. The second-order valence-corrected chi connectivity index (χ2v) is 7.46. The Hall–Kier alpha value is -2.47. The number of carbonyl (C=O) groups is 1. The monoisotopic (exact) mass is 355 g/mol. The molecule has 2 aliphatic rings. The Bertz CT molecular complexity index is 910. The van der Waals surface area contributed by atoms with Gasteiger partial charge in [0.2, 0.25) is 0 Å². The minimum absolute atomic E-state index is 0.0878. The molecule has 1 N–H and O–H groups in total. The first-order valence-corrected chi connectivity index (χ1v) is 8.89. The Morgan fingerprint density at radius 3 is 2.73 bits per heavy atom. The quantitative estimate of drug-likeness (QED) is 0.899. The molecule has 0 spiro atoms. The number of aryl methyl sites for hydroxylation is 1. The summed E-state index contributed by atoms with van der Waals surface area (Å²) >= 11 is 0. The fraction of sp³-hybridized carbons (Fsp3) is 0.400. The molecule has 4 rings (SSSR count). The van der Waals surface area contributed by atoms with Crippen molar-refractivity contribution in [2.45, 2.75) is 13.0 Å². The molecule has 0 aliphatic carbocycles. The van der Waals surface area contributed by atoms with Crippen LogP contribution in [0.15, 0.2) is 41.2 Å². The Labute approximate surface area is 151 Å². The maximum atomic E-state index is 13.7. The van der Waals surface area contributed by atoms with Crippen LogP contribution in [0.3, 0.4) is 0 Å². The maximum absolute atomic E-state index is 13.7. The minimum atomic E-state index is -0.342. The fourth-order valence-corrected chi connectivity index (χ4v) is 4.53. The number of nitrogens with zero attached hydrogens (tertiary/aromatic N) is 2. The lowest BCUT2D eigenvalue weighted by molar-refractivity contribution is 0.0766. The summed E-state index contributed by atoms with van der Waals surface area (Å²) in [6, 6.07) is 10.1. The van der Waals surface area contributed by atoms with Crippen molar-refractivity contribution in [2.75, 3.05) is 26.7 Å². The molecule has 5 nitrogen and oxygen atoms in total. The third-order valence-electron chi connectivity index (χ3n) is 5.66. The minimum Gasteiger partial charge on any atom is -0.338 e. The molecule has 136 valence electrons. The van der Waals surface area contributed by atoms with Gasteiger partial charge in [-0.15, -0.1) is 0 Å². The summed E-state index contributed by atoms with van der Waals surface area (Å²) in [4.78, 5) is 31.6. The Kier molecular flexibility index (Phi) is 4.15. The lowest BCUT2D eigenvalue weighted by atomic mass is 9.89. The highest BCUT2D eigenvalue weighted by molar-refractivity contribution is 5.94. The highest BCUT2D eigenvalue weighted by atomic mass is 19.1. The summed E-state index contributed by atoms with van der Waals surface area (Å²) in [5.41, 5.74) is 1.53. The van der Waals surface area contributed by atoms with Crippen LogP contribution in [0.1, 0.15) is 27.7 Å². The van der Waals surface area contributed by atoms with Crippen LogP contribution in [0.2, 0.25) is 0 Å². The smallest absolute Gasteiger partial charge is 0.260 e. The summed E-state index contributed by atoms with van der Waals surface area (Å²) in [7, 11) is 2.05. The van der Waals surface area contributed by atoms with Crippen LogP contribution < -0.4 is 5.56 Å². The first kappa shape index (κ1) is 17.0. The van der Waals surface area contributed by atoms with E-state index in [4.69, 9.17) is 0 Å². The zero-order valence-corrected chi connectivity index (χ0v) is 14.9. The van der Waals surface area contributed by atoms with Crippen molar-refractivity contribution in [3.05, 3.63) is 69.4 Å². The molecule has 0 bridgehead atoms. The van der Waals surface area contributed by atoms with Crippen molar-refractivity contribution in [1.82, 2.24) is 14.8 Å². The summed E-state index contributed by atoms with van der Waals surface area (Å²) < 4.78 is 13.7. The standard InChI is InChI=1S/C20H22FN3O2/c1-12-6-7-16(19(25)22-12)20(26)24-10-14-9-23(2)18(17(14)11-24)13-4-3-5-15(21)8-13/h3-8,14,17-18H,9-11H2,1-2H3,(H,22,25)/t14-,17+,18-/m0/s1. The molecule has 1 aromatic heterocycles. The van der Waals surface area contributed by atoms with Gasteiger partial charge in [0.1, 0.15) is 11.4 Å². The zero-order valence-electron chi connectivity index (χ0n) is 14.9. The fourth-order valence-electron chi connectivity index (χ4n) is 4.53. The van der Waals surface area contributed by atoms with Crippen LogP contribution in [-0.4, -0.2) is 47.4 Å². The molecule has 0 unspecified atom stereocenters. The number of carbonyl (C=O) groups excluding carboxylic acids is 1. The summed E-state index contributed by atoms with van der Waals surface area (Å²) in [6.07, 6.45) is 0. The van der Waals surface area contributed by atoms with Crippen LogP contribution in [0.4, 0.5) is 4.39 Å². The molecule has 1 aromatic carbocycles. The molecule has 2 aliphatic heterocycles. The van der Waals surface area contributed by atoms with Gasteiger partial charge in [0.05, 0.1) is 0 Å². The molecule has 2 fully saturated rings. The number of halogens is 1. The van der Waals surface area contributed by atoms with E-state index in [0.29, 0.717) is 19.0 Å². The third kappa shape index (κ3) is 2.84. The topological polar surface area (TPSA) is 56.4 Å². The summed E-state index contributed by atoms with van der Waals surface area (Å²) in [5.74, 6) is 0.120. The number of nitrogens with one attached hydrogen (secondary N) is 1. The number of likely N-dealkylation sites (tertiary alicyclic amines) is 2. The van der Waals surface area contributed by atoms with Gasteiger partial charge in [0.25, 0.3) is 11.5 Å². The molecule has 3 atom stereocenters. The second kappa shape index (κ2) is 6.36. The number of aromatic amines is 1. The van der Waals surface area contributed by atoms with Gasteiger partial charge in [-0.05, 0) is 49.7 Å². The number of H-pyrrole nitrogens is 1. The van der Waals surface area contributed by atoms with E-state index in [9.17, 15) is 14.0 Å². The van der Waals surface area contributed by atoms with E-state index in [1.807, 2.05) is 13.1 Å². The number of fused-ring (bicyclic) bond motifs is 1. The normalized spacial score (nSPS) is 25.5. The number of hydrogen-bond donors (Lipinski definition) is 1. The molecule has 2 saturated heterocycles. The molecule has 6 heteroatoms. The van der Waals surface area contributed by atoms with Gasteiger partial charge in [0.15, 0.2) is 0 Å². The highest BCUT2D eigenvalue weighted by Gasteiger charge is 2.47. The Balaban J connectivity index is 1.58. The number of benzene rings is 1. The van der Waals surface area contributed by atoms with Gasteiger partial charge in [-0.2, -0.15) is 0 Å². The van der Waals surface area contributed by atoms with Crippen molar-refractivity contribution >= 4 is 5.91 Å². The number of aromatic nitrogens is 1. The summed E-state index contributed by atoms with van der Waals surface area (Å²) in [5, 5.41) is 0. The molecular formula is C20H22FN3O2. The van der Waals surface area contributed by atoms with Gasteiger partial charge >= 0.3 is 0 Å². The van der Waals surface area contributed by atoms with Crippen LogP contribution in [-0.2, 0) is 0 Å². The van der Waals surface area contributed by atoms with Crippen molar-refractivity contribution < 1.29 is 9.18 Å². The van der Waals surface area contributed by atoms with E-state index in [-0.39, 0.29) is 34.8 Å². The summed E-state index contributed by atoms with van der Waals surface area (Å²) in [6.45, 7) is 3.87. The number of amides is 1. The predicted octanol–water partition coefficient (Wildman–Crippen LogP) is 2.20. The average molecular weight is 355 g/mol. The van der Waals surface area contributed by atoms with Crippen LogP contribution in [0, 0.1) is 24.6 Å². The zero-order chi connectivity index (χ0) is 18.4. The second-order valence-electron chi connectivity index (χ2n) is 7.46. The van der Waals surface area contributed by atoms with Crippen LogP contribution in [0.5, 0.6) is 0 Å². The SMILES string of the molecule is Cc1ccc(C(=O)N2C[C@@H]3CN(C)[C@@H](c4cccc(F)c4)[C@@H]3C2)c(=O)[nH]1. The molecule has 2 aromatic rings. The molecule has 1 amide bonds. The molecule has 26 heavy (non-hydrogen) atoms. The molecule has 3 heterocycles. The van der Waals surface area contributed by atoms with Gasteiger partial charge < -0.3 is 9.88 Å². The average Bonchev–Trinajstić information content (AvgIpc) is 3.10. The van der Waals surface area contributed by atoms with E-state index < -0.39 is 0 Å². The number of hydrogen-bond acceptors (Lipinski definition) is 3. The van der Waals surface area contributed by atoms with Crippen molar-refractivity contribution in [3.63, 3.8) is 0 Å². The third-order valence-corrected chi connectivity index (χ3v) is 5.66. The van der Waals surface area contributed by atoms with Crippen molar-refractivity contribution in [1.29, 1.82) is 0 Å². The van der Waals surface area contributed by atoms with Crippen molar-refractivity contribution in [2.24, 2.45) is 11.8 Å². The Morgan fingerprint density at radius 1 is 1.19 bits per heavy atom. The van der Waals surface area contributed by atoms with E-state index >= 15 is 0 Å². The van der Waals surface area contributed by atoms with Crippen LogP contribution in [0.25, 0.3) is 0 Å². The first-order valence-electron chi connectivity index (χ1n) is 8.89. The lowest BCUT2D eigenvalue weighted by Gasteiger charge is -2.27. The van der Waals surface area contributed by atoms with Gasteiger partial charge in [-0.25, -0.2) is 4.39 Å². The van der Waals surface area contributed by atoms with Gasteiger partial charge in [-0.3, -0.25) is 14.5 Å². The molecular weight excluding hydrogens is 333 g/mol. The molecule has 0 radical (unpaired) electrons. The first-order chi connectivity index (χ1) is 12.4. The lowest BCUT2D eigenvalue weighted by Crippen LogP contribution is -2.36. The predicted molar refractivity (Wildman–Crippen MR) is 96.5 cm³/mol. The van der Waals surface area contributed by atoms with Crippen molar-refractivity contribution in [3.8, 4) is 0 Å². The number of rotatable bonds is 2. The maximum Gasteiger partial charge on any atom is 0.260 e. The van der Waals surface area contributed by atoms with Gasteiger partial charge in [0, 0.05) is 37.3 Å². The van der Waals surface area contributed by atoms with Gasteiger partial charge in [-0.1, -0.05) is 12.1 Å².